The molecule has 0 spiro atoms. The summed E-state index contributed by atoms with van der Waals surface area (Å²) in [5.74, 6) is 1.72. The number of hydrogen-bond acceptors (Lipinski definition) is 4. The van der Waals surface area contributed by atoms with Gasteiger partial charge in [-0.25, -0.2) is 0 Å². The second-order valence-corrected chi connectivity index (χ2v) is 5.52. The van der Waals surface area contributed by atoms with Crippen molar-refractivity contribution in [3.05, 3.63) is 23.3 Å². The highest BCUT2D eigenvalue weighted by molar-refractivity contribution is 5.79. The molecule has 0 unspecified atom stereocenters. The number of nitrogens with zero attached hydrogens (tertiary/aromatic N) is 1. The molecule has 116 valence electrons. The van der Waals surface area contributed by atoms with Gasteiger partial charge in [0.25, 0.3) is 0 Å². The fourth-order valence-electron chi connectivity index (χ4n) is 2.70. The highest BCUT2D eigenvalue weighted by Gasteiger charge is 2.25. The zero-order chi connectivity index (χ0) is 15.4. The highest BCUT2D eigenvalue weighted by atomic mass is 16.5. The molecule has 0 bridgehead atoms. The van der Waals surface area contributed by atoms with Crippen LogP contribution in [0.1, 0.15) is 17.5 Å². The van der Waals surface area contributed by atoms with Gasteiger partial charge in [0.15, 0.2) is 11.5 Å². The van der Waals surface area contributed by atoms with Gasteiger partial charge in [-0.3, -0.25) is 4.79 Å². The molecule has 1 heterocycles. The molecule has 1 N–H and O–H groups in total. The number of carbonyl (C=O) groups excluding carboxylic acids is 1. The molecule has 1 fully saturated rings. The van der Waals surface area contributed by atoms with Crippen LogP contribution in [-0.4, -0.2) is 45.2 Å². The van der Waals surface area contributed by atoms with Crippen molar-refractivity contribution in [2.75, 3.05) is 34.4 Å². The zero-order valence-corrected chi connectivity index (χ0v) is 13.2. The smallest absolute Gasteiger partial charge is 0.227 e. The monoisotopic (exact) mass is 292 g/mol. The molecule has 1 aliphatic rings. The minimum Gasteiger partial charge on any atom is -0.493 e. The van der Waals surface area contributed by atoms with E-state index in [9.17, 15) is 4.79 Å². The number of carbonyl (C=O) groups is 1. The Kier molecular flexibility index (Phi) is 5.07. The van der Waals surface area contributed by atoms with Crippen molar-refractivity contribution < 1.29 is 14.3 Å². The molecule has 5 nitrogen and oxygen atoms in total. The Morgan fingerprint density at radius 2 is 2.00 bits per heavy atom. The number of methoxy groups -OCH3 is 2. The molecule has 21 heavy (non-hydrogen) atoms. The van der Waals surface area contributed by atoms with Crippen LogP contribution in [0.5, 0.6) is 11.5 Å². The molecule has 1 saturated heterocycles. The Morgan fingerprint density at radius 1 is 1.33 bits per heavy atom. The largest absolute Gasteiger partial charge is 0.493 e. The number of nitrogens with one attached hydrogen (secondary N) is 1. The molecule has 1 aliphatic heterocycles. The fraction of sp³-hybridized carbons (Fsp3) is 0.562. The number of hydrogen-bond donors (Lipinski definition) is 1. The second-order valence-electron chi connectivity index (χ2n) is 5.52. The van der Waals surface area contributed by atoms with Gasteiger partial charge >= 0.3 is 0 Å². The molecule has 2 rings (SSSR count). The number of rotatable bonds is 5. The summed E-state index contributed by atoms with van der Waals surface area (Å²) in [5, 5.41) is 3.23. The molecular weight excluding hydrogens is 268 g/mol. The van der Waals surface area contributed by atoms with Crippen molar-refractivity contribution in [3.8, 4) is 11.5 Å². The van der Waals surface area contributed by atoms with Gasteiger partial charge in [0.05, 0.1) is 20.1 Å². The van der Waals surface area contributed by atoms with Crippen molar-refractivity contribution in [2.24, 2.45) is 5.92 Å². The van der Waals surface area contributed by atoms with E-state index in [1.807, 2.05) is 26.1 Å². The van der Waals surface area contributed by atoms with Crippen molar-refractivity contribution in [1.29, 1.82) is 0 Å². The van der Waals surface area contributed by atoms with E-state index in [4.69, 9.17) is 9.47 Å². The van der Waals surface area contributed by atoms with Gasteiger partial charge in [0.1, 0.15) is 0 Å². The summed E-state index contributed by atoms with van der Waals surface area (Å²) in [7, 11) is 5.10. The molecule has 1 amide bonds. The lowest BCUT2D eigenvalue weighted by molar-refractivity contribution is -0.134. The summed E-state index contributed by atoms with van der Waals surface area (Å²) in [6, 6.07) is 3.90. The van der Waals surface area contributed by atoms with Gasteiger partial charge in [0.2, 0.25) is 5.91 Å². The predicted octanol–water partition coefficient (Wildman–Crippen LogP) is 1.58. The summed E-state index contributed by atoms with van der Waals surface area (Å²) in [4.78, 5) is 14.2. The number of benzene rings is 1. The predicted molar refractivity (Wildman–Crippen MR) is 81.7 cm³/mol. The number of amides is 1. The van der Waals surface area contributed by atoms with Gasteiger partial charge in [-0.05, 0) is 43.1 Å². The fourth-order valence-corrected chi connectivity index (χ4v) is 2.70. The minimum atomic E-state index is 0.107. The van der Waals surface area contributed by atoms with Crippen LogP contribution in [0.15, 0.2) is 12.1 Å². The van der Waals surface area contributed by atoms with E-state index in [1.165, 1.54) is 0 Å². The Morgan fingerprint density at radius 3 is 2.57 bits per heavy atom. The van der Waals surface area contributed by atoms with E-state index in [0.29, 0.717) is 18.0 Å². The average Bonchev–Trinajstić information content (AvgIpc) is 3.02. The molecule has 5 heteroatoms. The molecule has 0 aliphatic carbocycles. The van der Waals surface area contributed by atoms with E-state index in [0.717, 1.165) is 30.6 Å². The third kappa shape index (κ3) is 3.47. The summed E-state index contributed by atoms with van der Waals surface area (Å²) in [6.07, 6.45) is 0.925. The Labute approximate surface area is 126 Å². The quantitative estimate of drug-likeness (QED) is 0.895. The zero-order valence-electron chi connectivity index (χ0n) is 13.2. The molecule has 0 aromatic heterocycles. The van der Waals surface area contributed by atoms with Crippen molar-refractivity contribution in [2.45, 2.75) is 19.9 Å². The van der Waals surface area contributed by atoms with E-state index < -0.39 is 0 Å². The first kappa shape index (κ1) is 15.6. The first-order valence-corrected chi connectivity index (χ1v) is 7.24. The highest BCUT2D eigenvalue weighted by Crippen LogP contribution is 2.30. The second kappa shape index (κ2) is 6.80. The van der Waals surface area contributed by atoms with Gasteiger partial charge in [-0.15, -0.1) is 0 Å². The lowest BCUT2D eigenvalue weighted by Gasteiger charge is -2.22. The van der Waals surface area contributed by atoms with E-state index in [-0.39, 0.29) is 11.8 Å². The van der Waals surface area contributed by atoms with Crippen molar-refractivity contribution in [3.63, 3.8) is 0 Å². The van der Waals surface area contributed by atoms with Crippen molar-refractivity contribution >= 4 is 5.91 Å². The average molecular weight is 292 g/mol. The maximum Gasteiger partial charge on any atom is 0.227 e. The Hall–Kier alpha value is -1.75. The third-order valence-corrected chi connectivity index (χ3v) is 4.04. The van der Waals surface area contributed by atoms with Crippen LogP contribution < -0.4 is 14.8 Å². The van der Waals surface area contributed by atoms with Crippen LogP contribution in [0.4, 0.5) is 0 Å². The third-order valence-electron chi connectivity index (χ3n) is 4.04. The van der Waals surface area contributed by atoms with Gasteiger partial charge in [0, 0.05) is 20.1 Å². The summed E-state index contributed by atoms with van der Waals surface area (Å²) in [5.41, 5.74) is 2.17. The van der Waals surface area contributed by atoms with Crippen LogP contribution >= 0.6 is 0 Å². The van der Waals surface area contributed by atoms with Crippen molar-refractivity contribution in [1.82, 2.24) is 10.2 Å². The first-order chi connectivity index (χ1) is 10.1. The standard InChI is InChI=1S/C16H24N2O3/c1-11-7-14(20-3)15(21-4)8-13(11)10-18(2)16(19)12-5-6-17-9-12/h7-8,12,17H,5-6,9-10H2,1-4H3/t12-/m0/s1. The maximum absolute atomic E-state index is 12.4. The molecule has 1 atom stereocenters. The van der Waals surface area contributed by atoms with E-state index in [2.05, 4.69) is 5.32 Å². The first-order valence-electron chi connectivity index (χ1n) is 7.24. The maximum atomic E-state index is 12.4. The van der Waals surface area contributed by atoms with E-state index in [1.54, 1.807) is 19.1 Å². The topological polar surface area (TPSA) is 50.8 Å². The van der Waals surface area contributed by atoms with Crippen LogP contribution in [0.2, 0.25) is 0 Å². The number of ether oxygens (including phenoxy) is 2. The van der Waals surface area contributed by atoms with Crippen LogP contribution in [0, 0.1) is 12.8 Å². The normalized spacial score (nSPS) is 17.6. The summed E-state index contributed by atoms with van der Waals surface area (Å²) in [6.45, 7) is 4.32. The molecular formula is C16H24N2O3. The lowest BCUT2D eigenvalue weighted by atomic mass is 10.0. The summed E-state index contributed by atoms with van der Waals surface area (Å²) >= 11 is 0. The molecule has 0 radical (unpaired) electrons. The summed E-state index contributed by atoms with van der Waals surface area (Å²) < 4.78 is 10.6. The lowest BCUT2D eigenvalue weighted by Crippen LogP contribution is -2.33. The molecule has 1 aromatic carbocycles. The van der Waals surface area contributed by atoms with Gasteiger partial charge in [-0.2, -0.15) is 0 Å². The minimum absolute atomic E-state index is 0.107. The van der Waals surface area contributed by atoms with Crippen LogP contribution in [0.25, 0.3) is 0 Å². The van der Waals surface area contributed by atoms with E-state index >= 15 is 0 Å². The van der Waals surface area contributed by atoms with Gasteiger partial charge in [-0.1, -0.05) is 0 Å². The number of aryl methyl sites for hydroxylation is 1. The van der Waals surface area contributed by atoms with Crippen LogP contribution in [0.3, 0.4) is 0 Å². The Bertz CT molecular complexity index is 510. The Balaban J connectivity index is 2.12. The van der Waals surface area contributed by atoms with Crippen LogP contribution in [-0.2, 0) is 11.3 Å². The molecule has 1 aromatic rings. The van der Waals surface area contributed by atoms with Gasteiger partial charge < -0.3 is 19.7 Å². The SMILES string of the molecule is COc1cc(C)c(CN(C)C(=O)[C@H]2CCNC2)cc1OC. The molecule has 0 saturated carbocycles.